The first kappa shape index (κ1) is 15.3. The number of nitrogens with zero attached hydrogens (tertiary/aromatic N) is 3. The fraction of sp³-hybridized carbons (Fsp3) is 0.267. The van der Waals surface area contributed by atoms with E-state index in [1.54, 1.807) is 4.90 Å². The molecule has 1 aromatic carbocycles. The van der Waals surface area contributed by atoms with Gasteiger partial charge in [0.05, 0.1) is 12.2 Å². The van der Waals surface area contributed by atoms with Crippen molar-refractivity contribution in [2.45, 2.75) is 19.5 Å². The molecule has 0 bridgehead atoms. The van der Waals surface area contributed by atoms with Crippen molar-refractivity contribution in [2.24, 2.45) is 16.5 Å². The molecule has 2 heterocycles. The monoisotopic (exact) mass is 330 g/mol. The summed E-state index contributed by atoms with van der Waals surface area (Å²) in [6, 6.07) is 9.76. The van der Waals surface area contributed by atoms with Crippen LogP contribution in [0.2, 0.25) is 0 Å². The molecule has 5 N–H and O–H groups in total. The van der Waals surface area contributed by atoms with Crippen LogP contribution in [0.25, 0.3) is 0 Å². The summed E-state index contributed by atoms with van der Waals surface area (Å²) in [6.07, 6.45) is 0.713. The molecule has 0 saturated heterocycles. The predicted octanol–water partition coefficient (Wildman–Crippen LogP) is 1.32. The van der Waals surface area contributed by atoms with Crippen molar-refractivity contribution >= 4 is 28.5 Å². The van der Waals surface area contributed by atoms with Crippen LogP contribution in [0.3, 0.4) is 0 Å². The standard InChI is InChI=1S/C15H18N6OS/c16-13(17)20-14-19-11-6-7-21(9-12(11)23-14)15(22)18-8-10-4-2-1-3-5-10/h1-5H,6-9H2,(H,18,22)(H4,16,17,19,20). The van der Waals surface area contributed by atoms with Crippen molar-refractivity contribution in [3.8, 4) is 0 Å². The van der Waals surface area contributed by atoms with Crippen LogP contribution in [0, 0.1) is 0 Å². The van der Waals surface area contributed by atoms with Crippen LogP contribution in [-0.2, 0) is 19.5 Å². The van der Waals surface area contributed by atoms with Crippen molar-refractivity contribution in [3.63, 3.8) is 0 Å². The van der Waals surface area contributed by atoms with Gasteiger partial charge in [-0.25, -0.2) is 9.78 Å². The van der Waals surface area contributed by atoms with Crippen molar-refractivity contribution in [1.82, 2.24) is 15.2 Å². The highest BCUT2D eigenvalue weighted by Crippen LogP contribution is 2.29. The quantitative estimate of drug-likeness (QED) is 0.582. The number of carbonyl (C=O) groups excluding carboxylic acids is 1. The Morgan fingerprint density at radius 3 is 2.87 bits per heavy atom. The van der Waals surface area contributed by atoms with Crippen LogP contribution >= 0.6 is 11.3 Å². The lowest BCUT2D eigenvalue weighted by molar-refractivity contribution is 0.192. The first-order valence-electron chi connectivity index (χ1n) is 7.27. The number of aliphatic imine (C=N–C) groups is 1. The van der Waals surface area contributed by atoms with E-state index in [2.05, 4.69) is 15.3 Å². The number of rotatable bonds is 3. The molecular weight excluding hydrogens is 312 g/mol. The molecule has 0 saturated carbocycles. The number of amides is 2. The molecule has 23 heavy (non-hydrogen) atoms. The number of benzene rings is 1. The van der Waals surface area contributed by atoms with Crippen LogP contribution < -0.4 is 16.8 Å². The minimum atomic E-state index is -0.0729. The number of urea groups is 1. The molecular formula is C15H18N6OS. The van der Waals surface area contributed by atoms with Gasteiger partial charge in [-0.15, -0.1) is 0 Å². The molecule has 0 radical (unpaired) electrons. The van der Waals surface area contributed by atoms with Gasteiger partial charge < -0.3 is 21.7 Å². The Morgan fingerprint density at radius 1 is 1.35 bits per heavy atom. The van der Waals surface area contributed by atoms with Crippen molar-refractivity contribution in [2.75, 3.05) is 6.54 Å². The summed E-state index contributed by atoms with van der Waals surface area (Å²) in [5.41, 5.74) is 12.8. The number of guanidine groups is 1. The molecule has 0 spiro atoms. The molecule has 0 fully saturated rings. The highest BCUT2D eigenvalue weighted by molar-refractivity contribution is 7.15. The lowest BCUT2D eigenvalue weighted by Crippen LogP contribution is -2.42. The zero-order chi connectivity index (χ0) is 16.2. The van der Waals surface area contributed by atoms with E-state index >= 15 is 0 Å². The maximum absolute atomic E-state index is 12.3. The zero-order valence-corrected chi connectivity index (χ0v) is 13.3. The first-order chi connectivity index (χ1) is 11.1. The summed E-state index contributed by atoms with van der Waals surface area (Å²) in [7, 11) is 0. The van der Waals surface area contributed by atoms with Crippen molar-refractivity contribution in [3.05, 3.63) is 46.5 Å². The van der Waals surface area contributed by atoms with Gasteiger partial charge in [0.1, 0.15) is 0 Å². The summed E-state index contributed by atoms with van der Waals surface area (Å²) in [5.74, 6) is -0.00597. The second-order valence-electron chi connectivity index (χ2n) is 5.22. The third kappa shape index (κ3) is 3.78. The number of aromatic nitrogens is 1. The Morgan fingerprint density at radius 2 is 2.13 bits per heavy atom. The van der Waals surface area contributed by atoms with Gasteiger partial charge in [-0.1, -0.05) is 41.7 Å². The molecule has 0 unspecified atom stereocenters. The summed E-state index contributed by atoms with van der Waals surface area (Å²) >= 11 is 1.42. The Kier molecular flexibility index (Phi) is 4.42. The molecule has 1 aliphatic heterocycles. The van der Waals surface area contributed by atoms with Crippen LogP contribution in [0.4, 0.5) is 9.93 Å². The number of nitrogens with one attached hydrogen (secondary N) is 1. The van der Waals surface area contributed by atoms with Gasteiger partial charge in [-0.3, -0.25) is 0 Å². The average Bonchev–Trinajstić information content (AvgIpc) is 2.94. The van der Waals surface area contributed by atoms with E-state index in [0.717, 1.165) is 16.1 Å². The molecule has 2 aromatic rings. The second kappa shape index (κ2) is 6.66. The van der Waals surface area contributed by atoms with Crippen LogP contribution in [0.5, 0.6) is 0 Å². The molecule has 120 valence electrons. The largest absolute Gasteiger partial charge is 0.370 e. The van der Waals surface area contributed by atoms with Gasteiger partial charge in [-0.2, -0.15) is 4.99 Å². The Bertz CT molecular complexity index is 723. The van der Waals surface area contributed by atoms with Crippen LogP contribution in [0.15, 0.2) is 35.3 Å². The third-order valence-electron chi connectivity index (χ3n) is 3.52. The molecule has 3 rings (SSSR count). The summed E-state index contributed by atoms with van der Waals surface area (Å²) in [5, 5.41) is 3.49. The Hall–Kier alpha value is -2.61. The summed E-state index contributed by atoms with van der Waals surface area (Å²) in [6.45, 7) is 1.69. The molecule has 7 nitrogen and oxygen atoms in total. The van der Waals surface area contributed by atoms with Gasteiger partial charge in [0, 0.05) is 24.4 Å². The minimum Gasteiger partial charge on any atom is -0.370 e. The normalized spacial score (nSPS) is 13.3. The van der Waals surface area contributed by atoms with Crippen LogP contribution in [0.1, 0.15) is 16.1 Å². The van der Waals surface area contributed by atoms with E-state index in [9.17, 15) is 4.79 Å². The van der Waals surface area contributed by atoms with Crippen LogP contribution in [-0.4, -0.2) is 28.4 Å². The fourth-order valence-corrected chi connectivity index (χ4v) is 3.41. The summed E-state index contributed by atoms with van der Waals surface area (Å²) < 4.78 is 0. The van der Waals surface area contributed by atoms with E-state index in [1.165, 1.54) is 11.3 Å². The van der Waals surface area contributed by atoms with Gasteiger partial charge >= 0.3 is 6.03 Å². The molecule has 2 amide bonds. The van der Waals surface area contributed by atoms with Crippen molar-refractivity contribution < 1.29 is 4.79 Å². The summed E-state index contributed by atoms with van der Waals surface area (Å²) in [4.78, 5) is 23.5. The van der Waals surface area contributed by atoms with Gasteiger partial charge in [0.2, 0.25) is 5.13 Å². The fourth-order valence-electron chi connectivity index (χ4n) is 2.40. The Labute approximate surface area is 138 Å². The third-order valence-corrected chi connectivity index (χ3v) is 4.49. The first-order valence-corrected chi connectivity index (χ1v) is 8.08. The van der Waals surface area contributed by atoms with E-state index < -0.39 is 0 Å². The number of hydrogen-bond acceptors (Lipinski definition) is 4. The average molecular weight is 330 g/mol. The number of hydrogen-bond donors (Lipinski definition) is 3. The van der Waals surface area contributed by atoms with E-state index in [4.69, 9.17) is 11.5 Å². The van der Waals surface area contributed by atoms with E-state index in [1.807, 2.05) is 30.3 Å². The molecule has 1 aliphatic rings. The van der Waals surface area contributed by atoms with Gasteiger partial charge in [-0.05, 0) is 5.56 Å². The molecule has 0 atom stereocenters. The number of nitrogens with two attached hydrogens (primary N) is 2. The lowest BCUT2D eigenvalue weighted by Gasteiger charge is -2.26. The molecule has 1 aromatic heterocycles. The second-order valence-corrected chi connectivity index (χ2v) is 6.28. The van der Waals surface area contributed by atoms with E-state index in [0.29, 0.717) is 31.2 Å². The Balaban J connectivity index is 1.61. The maximum atomic E-state index is 12.3. The number of thiazole rings is 1. The minimum absolute atomic E-state index is 0.00597. The lowest BCUT2D eigenvalue weighted by atomic mass is 10.2. The van der Waals surface area contributed by atoms with E-state index in [-0.39, 0.29) is 12.0 Å². The highest BCUT2D eigenvalue weighted by Gasteiger charge is 2.24. The number of carbonyl (C=O) groups is 1. The number of fused-ring (bicyclic) bond motifs is 1. The maximum Gasteiger partial charge on any atom is 0.318 e. The zero-order valence-electron chi connectivity index (χ0n) is 12.5. The topological polar surface area (TPSA) is 110 Å². The van der Waals surface area contributed by atoms with Crippen molar-refractivity contribution in [1.29, 1.82) is 0 Å². The predicted molar refractivity (Wildman–Crippen MR) is 90.4 cm³/mol. The SMILES string of the molecule is NC(N)=Nc1nc2c(s1)CN(C(=O)NCc1ccccc1)CC2. The smallest absolute Gasteiger partial charge is 0.318 e. The highest BCUT2D eigenvalue weighted by atomic mass is 32.1. The molecule has 0 aliphatic carbocycles. The molecule has 8 heteroatoms. The van der Waals surface area contributed by atoms with Gasteiger partial charge in [0.25, 0.3) is 0 Å². The van der Waals surface area contributed by atoms with Gasteiger partial charge in [0.15, 0.2) is 5.96 Å².